The molecule has 1 amide bonds. The van der Waals surface area contributed by atoms with Gasteiger partial charge >= 0.3 is 0 Å². The minimum absolute atomic E-state index is 0.0992. The van der Waals surface area contributed by atoms with Crippen LogP contribution in [-0.4, -0.2) is 11.9 Å². The van der Waals surface area contributed by atoms with Gasteiger partial charge in [-0.3, -0.25) is 4.79 Å². The summed E-state index contributed by atoms with van der Waals surface area (Å²) in [5, 5.41) is 3.59. The maximum Gasteiger partial charge on any atom is 0.253 e. The fourth-order valence-corrected chi connectivity index (χ4v) is 2.53. The minimum atomic E-state index is -0.0992. The first-order chi connectivity index (χ1) is 8.08. The summed E-state index contributed by atoms with van der Waals surface area (Å²) in [6, 6.07) is 5.24. The Labute approximate surface area is 106 Å². The van der Waals surface area contributed by atoms with Crippen LogP contribution in [0.5, 0.6) is 0 Å². The van der Waals surface area contributed by atoms with Crippen molar-refractivity contribution in [2.45, 2.75) is 32.2 Å². The van der Waals surface area contributed by atoms with Gasteiger partial charge in [-0.15, -0.1) is 0 Å². The summed E-state index contributed by atoms with van der Waals surface area (Å²) in [4.78, 5) is 12.0. The molecule has 1 aliphatic carbocycles. The van der Waals surface area contributed by atoms with Crippen molar-refractivity contribution in [2.24, 2.45) is 5.92 Å². The Balaban J connectivity index is 2.09. The Kier molecular flexibility index (Phi) is 3.57. The number of carbonyl (C=O) groups excluding carboxylic acids is 1. The molecule has 1 aromatic rings. The van der Waals surface area contributed by atoms with Crippen molar-refractivity contribution in [3.05, 3.63) is 28.8 Å². The molecule has 0 saturated heterocycles. The smallest absolute Gasteiger partial charge is 0.253 e. The first-order valence-electron chi connectivity index (χ1n) is 5.94. The normalized spacial score (nSPS) is 23.6. The molecule has 3 N–H and O–H groups in total. The van der Waals surface area contributed by atoms with Crippen molar-refractivity contribution >= 4 is 23.2 Å². The molecule has 2 rings (SSSR count). The maximum atomic E-state index is 12.0. The van der Waals surface area contributed by atoms with Crippen molar-refractivity contribution in [3.8, 4) is 0 Å². The Morgan fingerprint density at radius 2 is 2.24 bits per heavy atom. The average Bonchev–Trinajstić information content (AvgIpc) is 2.64. The predicted molar refractivity (Wildman–Crippen MR) is 70.1 cm³/mol. The molecule has 0 aromatic heterocycles. The Morgan fingerprint density at radius 3 is 2.82 bits per heavy atom. The lowest BCUT2D eigenvalue weighted by molar-refractivity contribution is 0.0930. The molecule has 1 aliphatic rings. The van der Waals surface area contributed by atoms with Gasteiger partial charge in [0.15, 0.2) is 0 Å². The van der Waals surface area contributed by atoms with Gasteiger partial charge in [-0.25, -0.2) is 0 Å². The molecule has 0 radical (unpaired) electrons. The fourth-order valence-electron chi connectivity index (χ4n) is 2.35. The third-order valence-corrected chi connectivity index (χ3v) is 3.67. The van der Waals surface area contributed by atoms with Crippen molar-refractivity contribution in [2.75, 3.05) is 5.73 Å². The molecule has 0 heterocycles. The first-order valence-corrected chi connectivity index (χ1v) is 6.31. The lowest BCUT2D eigenvalue weighted by Gasteiger charge is -2.17. The second-order valence-corrected chi connectivity index (χ2v) is 5.16. The van der Waals surface area contributed by atoms with Gasteiger partial charge in [0.1, 0.15) is 0 Å². The largest absolute Gasteiger partial charge is 0.398 e. The highest BCUT2D eigenvalue weighted by Gasteiger charge is 2.25. The number of nitrogen functional groups attached to an aromatic ring is 1. The molecule has 0 aliphatic heterocycles. The average molecular weight is 253 g/mol. The van der Waals surface area contributed by atoms with E-state index in [0.717, 1.165) is 6.42 Å². The van der Waals surface area contributed by atoms with Gasteiger partial charge in [0.05, 0.1) is 5.56 Å². The lowest BCUT2D eigenvalue weighted by atomic mass is 10.1. The number of anilines is 1. The third kappa shape index (κ3) is 2.72. The number of rotatable bonds is 2. The van der Waals surface area contributed by atoms with Crippen molar-refractivity contribution in [1.29, 1.82) is 0 Å². The molecule has 4 heteroatoms. The van der Waals surface area contributed by atoms with Crippen molar-refractivity contribution in [3.63, 3.8) is 0 Å². The number of hydrogen-bond donors (Lipinski definition) is 2. The van der Waals surface area contributed by atoms with Gasteiger partial charge in [0, 0.05) is 16.8 Å². The van der Waals surface area contributed by atoms with Gasteiger partial charge in [-0.2, -0.15) is 0 Å². The molecule has 0 spiro atoms. The molecule has 17 heavy (non-hydrogen) atoms. The van der Waals surface area contributed by atoms with Crippen LogP contribution in [0.3, 0.4) is 0 Å². The number of amides is 1. The molecule has 0 bridgehead atoms. The van der Waals surface area contributed by atoms with Gasteiger partial charge in [0.25, 0.3) is 5.91 Å². The van der Waals surface area contributed by atoms with Crippen LogP contribution in [0, 0.1) is 5.92 Å². The first kappa shape index (κ1) is 12.2. The van der Waals surface area contributed by atoms with Gasteiger partial charge < -0.3 is 11.1 Å². The van der Waals surface area contributed by atoms with E-state index < -0.39 is 0 Å². The van der Waals surface area contributed by atoms with E-state index >= 15 is 0 Å². The quantitative estimate of drug-likeness (QED) is 0.796. The predicted octanol–water partition coefficient (Wildman–Crippen LogP) is 2.84. The van der Waals surface area contributed by atoms with Crippen LogP contribution < -0.4 is 11.1 Å². The number of carbonyl (C=O) groups is 1. The van der Waals surface area contributed by atoms with Crippen LogP contribution in [0.1, 0.15) is 36.5 Å². The molecule has 1 aromatic carbocycles. The third-order valence-electron chi connectivity index (χ3n) is 3.44. The highest BCUT2D eigenvalue weighted by Crippen LogP contribution is 2.25. The summed E-state index contributed by atoms with van der Waals surface area (Å²) in [7, 11) is 0. The highest BCUT2D eigenvalue weighted by molar-refractivity contribution is 6.31. The minimum Gasteiger partial charge on any atom is -0.398 e. The summed E-state index contributed by atoms with van der Waals surface area (Å²) < 4.78 is 0. The van der Waals surface area contributed by atoms with Gasteiger partial charge in [0.2, 0.25) is 0 Å². The summed E-state index contributed by atoms with van der Waals surface area (Å²) >= 11 is 5.80. The zero-order chi connectivity index (χ0) is 12.4. The molecule has 1 fully saturated rings. The monoisotopic (exact) mass is 252 g/mol. The van der Waals surface area contributed by atoms with E-state index in [4.69, 9.17) is 17.3 Å². The van der Waals surface area contributed by atoms with E-state index in [9.17, 15) is 4.79 Å². The van der Waals surface area contributed by atoms with Crippen LogP contribution in [0.4, 0.5) is 5.69 Å². The molecular formula is C13H17ClN2O. The Hall–Kier alpha value is -1.22. The van der Waals surface area contributed by atoms with Crippen LogP contribution in [0.2, 0.25) is 5.02 Å². The van der Waals surface area contributed by atoms with Crippen molar-refractivity contribution in [1.82, 2.24) is 5.32 Å². The van der Waals surface area contributed by atoms with Crippen LogP contribution in [-0.2, 0) is 0 Å². The zero-order valence-electron chi connectivity index (χ0n) is 9.87. The van der Waals surface area contributed by atoms with E-state index in [1.807, 2.05) is 0 Å². The van der Waals surface area contributed by atoms with Crippen LogP contribution in [0.15, 0.2) is 18.2 Å². The van der Waals surface area contributed by atoms with Crippen molar-refractivity contribution < 1.29 is 4.79 Å². The van der Waals surface area contributed by atoms with E-state index in [1.54, 1.807) is 18.2 Å². The molecule has 2 atom stereocenters. The number of benzene rings is 1. The second kappa shape index (κ2) is 4.96. The SMILES string of the molecule is CC1CCCC1NC(=O)c1ccc(Cl)cc1N. The van der Waals surface area contributed by atoms with Crippen LogP contribution >= 0.6 is 11.6 Å². The number of hydrogen-bond acceptors (Lipinski definition) is 2. The van der Waals surface area contributed by atoms with E-state index in [0.29, 0.717) is 22.2 Å². The molecule has 92 valence electrons. The van der Waals surface area contributed by atoms with Gasteiger partial charge in [-0.1, -0.05) is 24.9 Å². The molecule has 3 nitrogen and oxygen atoms in total. The van der Waals surface area contributed by atoms with E-state index in [-0.39, 0.29) is 11.9 Å². The maximum absolute atomic E-state index is 12.0. The fraction of sp³-hybridized carbons (Fsp3) is 0.462. The molecule has 2 unspecified atom stereocenters. The Bertz CT molecular complexity index is 433. The summed E-state index contributed by atoms with van der Waals surface area (Å²) in [5.41, 5.74) is 6.72. The number of nitrogens with two attached hydrogens (primary N) is 1. The Morgan fingerprint density at radius 1 is 1.47 bits per heavy atom. The summed E-state index contributed by atoms with van der Waals surface area (Å²) in [6.07, 6.45) is 3.42. The topological polar surface area (TPSA) is 55.1 Å². The molecule has 1 saturated carbocycles. The summed E-state index contributed by atoms with van der Waals surface area (Å²) in [5.74, 6) is 0.449. The molecular weight excluding hydrogens is 236 g/mol. The van der Waals surface area contributed by atoms with Crippen LogP contribution in [0.25, 0.3) is 0 Å². The van der Waals surface area contributed by atoms with Gasteiger partial charge in [-0.05, 0) is 37.0 Å². The van der Waals surface area contributed by atoms with E-state index in [1.165, 1.54) is 12.8 Å². The zero-order valence-corrected chi connectivity index (χ0v) is 10.6. The van der Waals surface area contributed by atoms with E-state index in [2.05, 4.69) is 12.2 Å². The number of halogens is 1. The highest BCUT2D eigenvalue weighted by atomic mass is 35.5. The lowest BCUT2D eigenvalue weighted by Crippen LogP contribution is -2.36. The summed E-state index contributed by atoms with van der Waals surface area (Å²) in [6.45, 7) is 2.17. The standard InChI is InChI=1S/C13H17ClN2O/c1-8-3-2-4-12(8)16-13(17)10-6-5-9(14)7-11(10)15/h5-8,12H,2-4,15H2,1H3,(H,16,17). The second-order valence-electron chi connectivity index (χ2n) is 4.72. The number of nitrogens with one attached hydrogen (secondary N) is 1.